The number of anilines is 1. The molecule has 4 aromatic rings. The molecule has 1 aliphatic heterocycles. The van der Waals surface area contributed by atoms with Crippen LogP contribution < -0.4 is 16.1 Å². The summed E-state index contributed by atoms with van der Waals surface area (Å²) in [5, 5.41) is 1.38. The highest BCUT2D eigenvalue weighted by Gasteiger charge is 2.25. The van der Waals surface area contributed by atoms with Crippen molar-refractivity contribution in [3.8, 4) is 0 Å². The second-order valence-electron chi connectivity index (χ2n) is 8.50. The quantitative estimate of drug-likeness (QED) is 0.457. The number of aryl methyl sites for hydroxylation is 1. The largest absolute Gasteiger partial charge is 0.340 e. The van der Waals surface area contributed by atoms with E-state index in [4.69, 9.17) is 28.2 Å². The van der Waals surface area contributed by atoms with Gasteiger partial charge in [0.2, 0.25) is 5.95 Å². The lowest BCUT2D eigenvalue weighted by Gasteiger charge is -2.35. The standard InChI is InChI=1S/C24H24Cl2N6O2/c1-29-21-20(22(33)28-24(29)34)32(15-17-4-8-19(26)9-5-17)23(27-21)31-12-10-30(11-13-31)14-16-2-6-18(25)7-3-16/h2-9H,10-15H2,1H3,(H,28,33,34). The summed E-state index contributed by atoms with van der Waals surface area (Å²) in [6.07, 6.45) is 0. The van der Waals surface area contributed by atoms with Crippen molar-refractivity contribution in [2.75, 3.05) is 31.1 Å². The van der Waals surface area contributed by atoms with E-state index in [0.717, 1.165) is 43.3 Å². The first-order chi connectivity index (χ1) is 16.4. The number of nitrogens with one attached hydrogen (secondary N) is 1. The van der Waals surface area contributed by atoms with Gasteiger partial charge in [-0.2, -0.15) is 4.98 Å². The van der Waals surface area contributed by atoms with E-state index in [-0.39, 0.29) is 0 Å². The Kier molecular flexibility index (Phi) is 6.20. The number of hydrogen-bond donors (Lipinski definition) is 1. The summed E-state index contributed by atoms with van der Waals surface area (Å²) in [5.74, 6) is 0.683. The Balaban J connectivity index is 1.45. The number of halogens is 2. The molecule has 10 heteroatoms. The molecule has 0 saturated carbocycles. The van der Waals surface area contributed by atoms with Gasteiger partial charge in [0.05, 0.1) is 6.54 Å². The van der Waals surface area contributed by atoms with E-state index in [0.29, 0.717) is 28.7 Å². The zero-order valence-corrected chi connectivity index (χ0v) is 20.2. The van der Waals surface area contributed by atoms with Crippen LogP contribution >= 0.6 is 23.2 Å². The van der Waals surface area contributed by atoms with Crippen LogP contribution in [-0.2, 0) is 20.1 Å². The minimum Gasteiger partial charge on any atom is -0.340 e. The third kappa shape index (κ3) is 4.49. The van der Waals surface area contributed by atoms with Crippen molar-refractivity contribution in [1.29, 1.82) is 0 Å². The lowest BCUT2D eigenvalue weighted by molar-refractivity contribution is 0.248. The van der Waals surface area contributed by atoms with Gasteiger partial charge in [0, 0.05) is 49.8 Å². The molecular formula is C24H24Cl2N6O2. The number of aromatic nitrogens is 4. The molecule has 0 bridgehead atoms. The summed E-state index contributed by atoms with van der Waals surface area (Å²) in [5.41, 5.74) is 2.05. The highest BCUT2D eigenvalue weighted by molar-refractivity contribution is 6.30. The predicted octanol–water partition coefficient (Wildman–Crippen LogP) is 3.10. The van der Waals surface area contributed by atoms with Gasteiger partial charge in [-0.05, 0) is 35.4 Å². The van der Waals surface area contributed by atoms with E-state index in [1.807, 2.05) is 53.1 Å². The second-order valence-corrected chi connectivity index (χ2v) is 9.38. The summed E-state index contributed by atoms with van der Waals surface area (Å²) in [6.45, 7) is 4.49. The normalized spacial score (nSPS) is 14.7. The lowest BCUT2D eigenvalue weighted by Crippen LogP contribution is -2.46. The smallest absolute Gasteiger partial charge is 0.329 e. The summed E-state index contributed by atoms with van der Waals surface area (Å²) < 4.78 is 3.28. The molecule has 1 saturated heterocycles. The van der Waals surface area contributed by atoms with Crippen molar-refractivity contribution < 1.29 is 0 Å². The number of H-pyrrole nitrogens is 1. The van der Waals surface area contributed by atoms with Crippen LogP contribution in [0.25, 0.3) is 11.2 Å². The molecule has 0 amide bonds. The van der Waals surface area contributed by atoms with Gasteiger partial charge in [0.15, 0.2) is 11.2 Å². The SMILES string of the molecule is Cn1c(=O)[nH]c(=O)c2c1nc(N1CCN(Cc3ccc(Cl)cc3)CC1)n2Cc1ccc(Cl)cc1. The number of imidazole rings is 1. The third-order valence-electron chi connectivity index (χ3n) is 6.22. The fourth-order valence-corrected chi connectivity index (χ4v) is 4.59. The second kappa shape index (κ2) is 9.29. The number of aromatic amines is 1. The Bertz CT molecular complexity index is 1430. The van der Waals surface area contributed by atoms with Gasteiger partial charge in [-0.15, -0.1) is 0 Å². The number of nitrogens with zero attached hydrogens (tertiary/aromatic N) is 5. The van der Waals surface area contributed by atoms with Crippen LogP contribution in [0.4, 0.5) is 5.95 Å². The van der Waals surface area contributed by atoms with Crippen molar-refractivity contribution in [1.82, 2.24) is 24.0 Å². The number of benzene rings is 2. The average Bonchev–Trinajstić information content (AvgIpc) is 3.21. The molecule has 2 aromatic heterocycles. The zero-order chi connectivity index (χ0) is 23.8. The molecule has 2 aromatic carbocycles. The van der Waals surface area contributed by atoms with Crippen LogP contribution in [0.1, 0.15) is 11.1 Å². The fourth-order valence-electron chi connectivity index (χ4n) is 4.34. The molecule has 1 fully saturated rings. The molecule has 176 valence electrons. The van der Waals surface area contributed by atoms with E-state index in [9.17, 15) is 9.59 Å². The molecule has 1 aliphatic rings. The Labute approximate surface area is 206 Å². The minimum atomic E-state index is -0.479. The van der Waals surface area contributed by atoms with Crippen LogP contribution in [0.5, 0.6) is 0 Å². The highest BCUT2D eigenvalue weighted by atomic mass is 35.5. The summed E-state index contributed by atoms with van der Waals surface area (Å²) >= 11 is 12.1. The van der Waals surface area contributed by atoms with Gasteiger partial charge in [-0.3, -0.25) is 23.8 Å². The van der Waals surface area contributed by atoms with E-state index in [2.05, 4.69) is 14.8 Å². The van der Waals surface area contributed by atoms with E-state index in [1.165, 1.54) is 10.1 Å². The van der Waals surface area contributed by atoms with E-state index < -0.39 is 11.2 Å². The number of hydrogen-bond acceptors (Lipinski definition) is 5. The van der Waals surface area contributed by atoms with Gasteiger partial charge in [-0.25, -0.2) is 4.79 Å². The first-order valence-electron chi connectivity index (χ1n) is 11.0. The molecule has 8 nitrogen and oxygen atoms in total. The lowest BCUT2D eigenvalue weighted by atomic mass is 10.2. The molecule has 0 aliphatic carbocycles. The fraction of sp³-hybridized carbons (Fsp3) is 0.292. The molecule has 0 spiro atoms. The van der Waals surface area contributed by atoms with E-state index >= 15 is 0 Å². The third-order valence-corrected chi connectivity index (χ3v) is 6.72. The van der Waals surface area contributed by atoms with Crippen LogP contribution in [0.15, 0.2) is 58.1 Å². The van der Waals surface area contributed by atoms with Crippen LogP contribution in [0, 0.1) is 0 Å². The van der Waals surface area contributed by atoms with Crippen molar-refractivity contribution >= 4 is 40.3 Å². The zero-order valence-electron chi connectivity index (χ0n) is 18.7. The summed E-state index contributed by atoms with van der Waals surface area (Å²) in [4.78, 5) is 36.7. The van der Waals surface area contributed by atoms with Crippen molar-refractivity contribution in [2.24, 2.45) is 7.05 Å². The number of piperazine rings is 1. The average molecular weight is 499 g/mol. The molecule has 1 N–H and O–H groups in total. The van der Waals surface area contributed by atoms with Gasteiger partial charge >= 0.3 is 5.69 Å². The molecule has 0 radical (unpaired) electrons. The Morgan fingerprint density at radius 1 is 0.853 bits per heavy atom. The molecule has 5 rings (SSSR count). The molecule has 0 unspecified atom stereocenters. The van der Waals surface area contributed by atoms with Gasteiger partial charge in [0.25, 0.3) is 5.56 Å². The topological polar surface area (TPSA) is 79.2 Å². The molecular weight excluding hydrogens is 475 g/mol. The van der Waals surface area contributed by atoms with Crippen LogP contribution in [0.2, 0.25) is 10.0 Å². The van der Waals surface area contributed by atoms with Crippen molar-refractivity contribution in [3.63, 3.8) is 0 Å². The molecule has 3 heterocycles. The predicted molar refractivity (Wildman–Crippen MR) is 135 cm³/mol. The minimum absolute atomic E-state index is 0.376. The molecule has 34 heavy (non-hydrogen) atoms. The Morgan fingerprint density at radius 2 is 1.41 bits per heavy atom. The van der Waals surface area contributed by atoms with Crippen molar-refractivity contribution in [2.45, 2.75) is 13.1 Å². The number of rotatable bonds is 5. The first kappa shape index (κ1) is 22.7. The van der Waals surface area contributed by atoms with Gasteiger partial charge < -0.3 is 4.90 Å². The van der Waals surface area contributed by atoms with Crippen LogP contribution in [0.3, 0.4) is 0 Å². The first-order valence-corrected chi connectivity index (χ1v) is 11.8. The van der Waals surface area contributed by atoms with Gasteiger partial charge in [0.1, 0.15) is 0 Å². The summed E-state index contributed by atoms with van der Waals surface area (Å²) in [7, 11) is 1.62. The van der Waals surface area contributed by atoms with E-state index in [1.54, 1.807) is 7.05 Å². The summed E-state index contributed by atoms with van der Waals surface area (Å²) in [6, 6.07) is 15.4. The monoisotopic (exact) mass is 498 g/mol. The maximum atomic E-state index is 12.8. The Morgan fingerprint density at radius 3 is 2.00 bits per heavy atom. The highest BCUT2D eigenvalue weighted by Crippen LogP contribution is 2.23. The van der Waals surface area contributed by atoms with Crippen molar-refractivity contribution in [3.05, 3.63) is 90.5 Å². The van der Waals surface area contributed by atoms with Gasteiger partial charge in [-0.1, -0.05) is 47.5 Å². The number of fused-ring (bicyclic) bond motifs is 1. The maximum absolute atomic E-state index is 12.8. The maximum Gasteiger partial charge on any atom is 0.329 e. The Hall–Kier alpha value is -3.07. The van der Waals surface area contributed by atoms with Crippen LogP contribution in [-0.4, -0.2) is 50.2 Å². The molecule has 0 atom stereocenters.